The first kappa shape index (κ1) is 14.6. The molecule has 0 aromatic heterocycles. The van der Waals surface area contributed by atoms with E-state index in [2.05, 4.69) is 0 Å². The smallest absolute Gasteiger partial charge is 0.254 e. The normalized spacial score (nSPS) is 10.1. The Balaban J connectivity index is 2.93. The molecule has 0 aliphatic rings. The summed E-state index contributed by atoms with van der Waals surface area (Å²) < 4.78 is 0. The standard InChI is InChI=1S/C13H18N2O2S/c1-3-15(4-2)13(17)10-7-5-6-8-11(10)18-9-12(14)16/h5-8H,3-4,9H2,1-2H3,(H2,14,16). The fourth-order valence-electron chi connectivity index (χ4n) is 1.60. The Bertz CT molecular complexity index is 431. The molecular formula is C13H18N2O2S. The van der Waals surface area contributed by atoms with Gasteiger partial charge in [-0.25, -0.2) is 0 Å². The predicted octanol–water partition coefficient (Wildman–Crippen LogP) is 1.75. The number of nitrogens with two attached hydrogens (primary N) is 1. The Hall–Kier alpha value is -1.49. The maximum atomic E-state index is 12.3. The first-order chi connectivity index (χ1) is 8.60. The van der Waals surface area contributed by atoms with Crippen LogP contribution in [0.25, 0.3) is 0 Å². The SMILES string of the molecule is CCN(CC)C(=O)c1ccccc1SCC(N)=O. The van der Waals surface area contributed by atoms with Gasteiger partial charge < -0.3 is 10.6 Å². The molecule has 18 heavy (non-hydrogen) atoms. The molecule has 2 amide bonds. The highest BCUT2D eigenvalue weighted by Crippen LogP contribution is 2.23. The summed E-state index contributed by atoms with van der Waals surface area (Å²) in [7, 11) is 0. The van der Waals surface area contributed by atoms with Gasteiger partial charge >= 0.3 is 0 Å². The first-order valence-corrected chi connectivity index (χ1v) is 6.88. The van der Waals surface area contributed by atoms with E-state index < -0.39 is 0 Å². The lowest BCUT2D eigenvalue weighted by molar-refractivity contribution is -0.115. The second kappa shape index (κ2) is 7.06. The van der Waals surface area contributed by atoms with Gasteiger partial charge in [-0.3, -0.25) is 9.59 Å². The molecule has 0 atom stereocenters. The number of benzene rings is 1. The summed E-state index contributed by atoms with van der Waals surface area (Å²) in [6.45, 7) is 5.23. The van der Waals surface area contributed by atoms with Crippen molar-refractivity contribution in [2.45, 2.75) is 18.7 Å². The lowest BCUT2D eigenvalue weighted by Gasteiger charge is -2.20. The zero-order valence-electron chi connectivity index (χ0n) is 10.7. The molecule has 0 unspecified atom stereocenters. The molecule has 0 saturated carbocycles. The Labute approximate surface area is 112 Å². The summed E-state index contributed by atoms with van der Waals surface area (Å²) in [5.74, 6) is -0.208. The van der Waals surface area contributed by atoms with Crippen LogP contribution in [0.2, 0.25) is 0 Å². The third-order valence-corrected chi connectivity index (χ3v) is 3.63. The first-order valence-electron chi connectivity index (χ1n) is 5.89. The molecule has 2 N–H and O–H groups in total. The van der Waals surface area contributed by atoms with Crippen LogP contribution in [0.1, 0.15) is 24.2 Å². The van der Waals surface area contributed by atoms with Crippen LogP contribution >= 0.6 is 11.8 Å². The van der Waals surface area contributed by atoms with Crippen LogP contribution in [-0.2, 0) is 4.79 Å². The van der Waals surface area contributed by atoms with E-state index in [1.54, 1.807) is 11.0 Å². The second-order valence-corrected chi connectivity index (χ2v) is 4.75. The highest BCUT2D eigenvalue weighted by Gasteiger charge is 2.16. The van der Waals surface area contributed by atoms with Crippen molar-refractivity contribution in [2.75, 3.05) is 18.8 Å². The average molecular weight is 266 g/mol. The second-order valence-electron chi connectivity index (χ2n) is 3.73. The van der Waals surface area contributed by atoms with Gasteiger partial charge in [0.2, 0.25) is 5.91 Å². The summed E-state index contributed by atoms with van der Waals surface area (Å²) in [6.07, 6.45) is 0. The van der Waals surface area contributed by atoms with Crippen LogP contribution in [0.15, 0.2) is 29.2 Å². The number of thioether (sulfide) groups is 1. The van der Waals surface area contributed by atoms with E-state index in [0.717, 1.165) is 4.90 Å². The highest BCUT2D eigenvalue weighted by atomic mass is 32.2. The van der Waals surface area contributed by atoms with Crippen LogP contribution in [0, 0.1) is 0 Å². The van der Waals surface area contributed by atoms with Gasteiger partial charge in [-0.2, -0.15) is 0 Å². The Morgan fingerprint density at radius 1 is 1.22 bits per heavy atom. The van der Waals surface area contributed by atoms with Gasteiger partial charge in [0, 0.05) is 18.0 Å². The molecule has 98 valence electrons. The number of primary amides is 1. The summed E-state index contributed by atoms with van der Waals surface area (Å²) >= 11 is 1.30. The van der Waals surface area contributed by atoms with Crippen molar-refractivity contribution in [2.24, 2.45) is 5.73 Å². The lowest BCUT2D eigenvalue weighted by Crippen LogP contribution is -2.30. The molecule has 0 radical (unpaired) electrons. The summed E-state index contributed by atoms with van der Waals surface area (Å²) in [5.41, 5.74) is 5.76. The highest BCUT2D eigenvalue weighted by molar-refractivity contribution is 8.00. The van der Waals surface area contributed by atoms with Crippen LogP contribution in [0.4, 0.5) is 0 Å². The van der Waals surface area contributed by atoms with E-state index in [4.69, 9.17) is 5.73 Å². The van der Waals surface area contributed by atoms with Crippen LogP contribution in [0.3, 0.4) is 0 Å². The van der Waals surface area contributed by atoms with E-state index >= 15 is 0 Å². The molecule has 0 saturated heterocycles. The molecule has 4 nitrogen and oxygen atoms in total. The maximum absolute atomic E-state index is 12.3. The van der Waals surface area contributed by atoms with E-state index in [-0.39, 0.29) is 17.6 Å². The summed E-state index contributed by atoms with van der Waals surface area (Å²) in [4.78, 5) is 25.6. The van der Waals surface area contributed by atoms with Crippen molar-refractivity contribution in [3.63, 3.8) is 0 Å². The Kier molecular flexibility index (Phi) is 5.71. The van der Waals surface area contributed by atoms with E-state index in [0.29, 0.717) is 18.7 Å². The molecule has 1 rings (SSSR count). The van der Waals surface area contributed by atoms with Gasteiger partial charge in [0.1, 0.15) is 0 Å². The van der Waals surface area contributed by atoms with Gasteiger partial charge in [0.05, 0.1) is 11.3 Å². The minimum Gasteiger partial charge on any atom is -0.369 e. The van der Waals surface area contributed by atoms with Gasteiger partial charge in [0.15, 0.2) is 0 Å². The van der Waals surface area contributed by atoms with E-state index in [9.17, 15) is 9.59 Å². The average Bonchev–Trinajstić information content (AvgIpc) is 2.38. The van der Waals surface area contributed by atoms with Gasteiger partial charge in [0.25, 0.3) is 5.91 Å². The minimum absolute atomic E-state index is 0.00688. The molecule has 0 bridgehead atoms. The van der Waals surface area contributed by atoms with Crippen molar-refractivity contribution >= 4 is 23.6 Å². The molecule has 0 fully saturated rings. The number of rotatable bonds is 6. The number of hydrogen-bond donors (Lipinski definition) is 1. The minimum atomic E-state index is -0.384. The van der Waals surface area contributed by atoms with Crippen LogP contribution < -0.4 is 5.73 Å². The number of amides is 2. The molecule has 0 aliphatic carbocycles. The lowest BCUT2D eigenvalue weighted by atomic mass is 10.2. The zero-order chi connectivity index (χ0) is 13.5. The number of carbonyl (C=O) groups excluding carboxylic acids is 2. The quantitative estimate of drug-likeness (QED) is 0.798. The molecule has 0 heterocycles. The molecule has 0 spiro atoms. The fraction of sp³-hybridized carbons (Fsp3) is 0.385. The Morgan fingerprint density at radius 2 is 1.83 bits per heavy atom. The van der Waals surface area contributed by atoms with Crippen molar-refractivity contribution in [1.29, 1.82) is 0 Å². The summed E-state index contributed by atoms with van der Waals surface area (Å²) in [6, 6.07) is 7.29. The molecule has 5 heteroatoms. The van der Waals surface area contributed by atoms with E-state index in [1.165, 1.54) is 11.8 Å². The molecule has 0 aliphatic heterocycles. The Morgan fingerprint density at radius 3 is 2.39 bits per heavy atom. The van der Waals surface area contributed by atoms with Gasteiger partial charge in [-0.1, -0.05) is 12.1 Å². The molecule has 1 aromatic carbocycles. The zero-order valence-corrected chi connectivity index (χ0v) is 11.5. The van der Waals surface area contributed by atoms with Crippen molar-refractivity contribution in [3.05, 3.63) is 29.8 Å². The van der Waals surface area contributed by atoms with Crippen molar-refractivity contribution in [3.8, 4) is 0 Å². The topological polar surface area (TPSA) is 63.4 Å². The van der Waals surface area contributed by atoms with Crippen molar-refractivity contribution in [1.82, 2.24) is 4.90 Å². The van der Waals surface area contributed by atoms with Gasteiger partial charge in [-0.15, -0.1) is 11.8 Å². The van der Waals surface area contributed by atoms with E-state index in [1.807, 2.05) is 32.0 Å². The van der Waals surface area contributed by atoms with Crippen LogP contribution in [-0.4, -0.2) is 35.6 Å². The molecular weight excluding hydrogens is 248 g/mol. The number of hydrogen-bond acceptors (Lipinski definition) is 3. The van der Waals surface area contributed by atoms with Gasteiger partial charge in [-0.05, 0) is 26.0 Å². The number of nitrogens with zero attached hydrogens (tertiary/aromatic N) is 1. The number of carbonyl (C=O) groups is 2. The molecule has 1 aromatic rings. The largest absolute Gasteiger partial charge is 0.369 e. The maximum Gasteiger partial charge on any atom is 0.254 e. The predicted molar refractivity (Wildman–Crippen MR) is 73.6 cm³/mol. The van der Waals surface area contributed by atoms with Crippen molar-refractivity contribution < 1.29 is 9.59 Å². The third-order valence-electron chi connectivity index (χ3n) is 2.54. The van der Waals surface area contributed by atoms with Crippen LogP contribution in [0.5, 0.6) is 0 Å². The summed E-state index contributed by atoms with van der Waals surface area (Å²) in [5, 5.41) is 0. The monoisotopic (exact) mass is 266 g/mol. The fourth-order valence-corrected chi connectivity index (χ4v) is 2.38. The third kappa shape index (κ3) is 3.77.